The summed E-state index contributed by atoms with van der Waals surface area (Å²) in [6, 6.07) is 22.7. The summed E-state index contributed by atoms with van der Waals surface area (Å²) in [5.41, 5.74) is 0.481. The lowest BCUT2D eigenvalue weighted by molar-refractivity contribution is -0.145. The Morgan fingerprint density at radius 2 is 1.53 bits per heavy atom. The number of aromatic nitrogens is 2. The molecule has 1 N–H and O–H groups in total. The number of hydrogen-bond donors (Lipinski definition) is 1. The van der Waals surface area contributed by atoms with E-state index in [1.54, 1.807) is 24.3 Å². The lowest BCUT2D eigenvalue weighted by atomic mass is 10.1. The molecule has 38 heavy (non-hydrogen) atoms. The third-order valence-electron chi connectivity index (χ3n) is 5.69. The van der Waals surface area contributed by atoms with Crippen molar-refractivity contribution in [2.75, 3.05) is 11.9 Å². The number of esters is 1. The number of ether oxygens (including phenoxy) is 1. The number of hydrogen-bond acceptors (Lipinski definition) is 5. The van der Waals surface area contributed by atoms with E-state index in [4.69, 9.17) is 16.3 Å². The van der Waals surface area contributed by atoms with Gasteiger partial charge in [-0.1, -0.05) is 84.4 Å². The Balaban J connectivity index is 1.63. The van der Waals surface area contributed by atoms with Gasteiger partial charge in [0.15, 0.2) is 11.0 Å². The maximum Gasteiger partial charge on any atom is 0.416 e. The Morgan fingerprint density at radius 3 is 2.13 bits per heavy atom. The Hall–Kier alpha value is -4.11. The molecule has 10 heteroatoms. The largest absolute Gasteiger partial charge is 0.459 e. The van der Waals surface area contributed by atoms with E-state index in [1.807, 2.05) is 36.4 Å². The highest BCUT2D eigenvalue weighted by Crippen LogP contribution is 2.32. The van der Waals surface area contributed by atoms with Crippen LogP contribution in [0.1, 0.15) is 16.7 Å². The third kappa shape index (κ3) is 6.80. The van der Waals surface area contributed by atoms with Gasteiger partial charge in [0, 0.05) is 12.1 Å². The van der Waals surface area contributed by atoms with Crippen molar-refractivity contribution < 1.29 is 22.7 Å². The topological polar surface area (TPSA) is 73.2 Å². The van der Waals surface area contributed by atoms with Crippen LogP contribution >= 0.6 is 11.6 Å². The summed E-state index contributed by atoms with van der Waals surface area (Å²) < 4.78 is 45.6. The quantitative estimate of drug-likeness (QED) is 0.264. The van der Waals surface area contributed by atoms with Gasteiger partial charge in [0.05, 0.1) is 11.3 Å². The van der Waals surface area contributed by atoms with Crippen molar-refractivity contribution in [3.63, 3.8) is 0 Å². The molecule has 196 valence electrons. The molecule has 0 saturated carbocycles. The summed E-state index contributed by atoms with van der Waals surface area (Å²) in [7, 11) is 0. The molecule has 0 fully saturated rings. The van der Waals surface area contributed by atoms with Gasteiger partial charge in [-0.15, -0.1) is 0 Å². The molecule has 0 radical (unpaired) electrons. The van der Waals surface area contributed by atoms with E-state index in [1.165, 1.54) is 12.1 Å². The third-order valence-corrected chi connectivity index (χ3v) is 5.95. The Morgan fingerprint density at radius 1 is 0.921 bits per heavy atom. The monoisotopic (exact) mass is 541 g/mol. The molecule has 0 aliphatic heterocycles. The van der Waals surface area contributed by atoms with E-state index in [2.05, 4.69) is 10.3 Å². The minimum atomic E-state index is -4.53. The predicted octanol–water partition coefficient (Wildman–Crippen LogP) is 5.98. The summed E-state index contributed by atoms with van der Waals surface area (Å²) in [5, 5.41) is 2.80. The van der Waals surface area contributed by atoms with Gasteiger partial charge in [0.1, 0.15) is 13.2 Å². The minimum absolute atomic E-state index is 0.00889. The molecule has 0 aliphatic rings. The number of halogens is 4. The van der Waals surface area contributed by atoms with Gasteiger partial charge in [-0.3, -0.25) is 14.2 Å². The fraction of sp³-hybridized carbons (Fsp3) is 0.179. The summed E-state index contributed by atoms with van der Waals surface area (Å²) in [6.45, 7) is -0.163. The van der Waals surface area contributed by atoms with Gasteiger partial charge in [-0.05, 0) is 29.7 Å². The predicted molar refractivity (Wildman–Crippen MR) is 139 cm³/mol. The number of benzene rings is 3. The average Bonchev–Trinajstić information content (AvgIpc) is 2.91. The highest BCUT2D eigenvalue weighted by Gasteiger charge is 2.30. The number of nitrogens with zero attached hydrogens (tertiary/aromatic N) is 2. The molecule has 0 unspecified atom stereocenters. The smallest absolute Gasteiger partial charge is 0.416 e. The maximum absolute atomic E-state index is 13.4. The summed E-state index contributed by atoms with van der Waals surface area (Å²) in [4.78, 5) is 30.3. The van der Waals surface area contributed by atoms with Crippen molar-refractivity contribution in [3.05, 3.63) is 117 Å². The lowest BCUT2D eigenvalue weighted by Crippen LogP contribution is -2.30. The normalized spacial score (nSPS) is 11.3. The van der Waals surface area contributed by atoms with Crippen molar-refractivity contribution >= 4 is 23.4 Å². The first kappa shape index (κ1) is 26.9. The van der Waals surface area contributed by atoms with Gasteiger partial charge in [-0.25, -0.2) is 4.98 Å². The van der Waals surface area contributed by atoms with Gasteiger partial charge in [0.2, 0.25) is 0 Å². The lowest BCUT2D eigenvalue weighted by Gasteiger charge is -2.17. The number of nitrogens with one attached hydrogen (secondary N) is 1. The molecule has 3 aromatic carbocycles. The van der Waals surface area contributed by atoms with Gasteiger partial charge in [-0.2, -0.15) is 13.2 Å². The Bertz CT molecular complexity index is 1440. The molecule has 1 heterocycles. The van der Waals surface area contributed by atoms with Crippen LogP contribution in [0, 0.1) is 0 Å². The average molecular weight is 542 g/mol. The van der Waals surface area contributed by atoms with Gasteiger partial charge in [0.25, 0.3) is 5.56 Å². The molecule has 4 aromatic rings. The summed E-state index contributed by atoms with van der Waals surface area (Å²) >= 11 is 6.44. The number of rotatable bonds is 9. The van der Waals surface area contributed by atoms with Crippen LogP contribution in [-0.4, -0.2) is 22.1 Å². The Labute approximate surface area is 221 Å². The van der Waals surface area contributed by atoms with E-state index in [9.17, 15) is 22.8 Å². The van der Waals surface area contributed by atoms with E-state index in [0.29, 0.717) is 13.0 Å². The second kappa shape index (κ2) is 12.0. The van der Waals surface area contributed by atoms with Crippen LogP contribution in [0.4, 0.5) is 19.0 Å². The molecule has 0 spiro atoms. The minimum Gasteiger partial charge on any atom is -0.459 e. The van der Waals surface area contributed by atoms with Crippen LogP contribution in [0.2, 0.25) is 5.15 Å². The van der Waals surface area contributed by atoms with E-state index >= 15 is 0 Å². The van der Waals surface area contributed by atoms with Crippen molar-refractivity contribution in [2.45, 2.75) is 25.7 Å². The van der Waals surface area contributed by atoms with Crippen LogP contribution in [0.3, 0.4) is 0 Å². The van der Waals surface area contributed by atoms with Gasteiger partial charge < -0.3 is 10.1 Å². The molecule has 1 aromatic heterocycles. The fourth-order valence-electron chi connectivity index (χ4n) is 3.78. The summed E-state index contributed by atoms with van der Waals surface area (Å²) in [6.07, 6.45) is -3.94. The molecule has 0 atom stereocenters. The molecule has 0 bridgehead atoms. The molecule has 0 saturated heterocycles. The maximum atomic E-state index is 13.4. The zero-order valence-electron chi connectivity index (χ0n) is 20.0. The molecule has 0 aliphatic carbocycles. The number of carbonyl (C=O) groups excluding carboxylic acids is 1. The van der Waals surface area contributed by atoms with Crippen molar-refractivity contribution in [3.8, 4) is 11.3 Å². The van der Waals surface area contributed by atoms with Crippen LogP contribution < -0.4 is 10.9 Å². The molecular weight excluding hydrogens is 519 g/mol. The highest BCUT2D eigenvalue weighted by molar-refractivity contribution is 6.32. The van der Waals surface area contributed by atoms with E-state index in [-0.39, 0.29) is 28.8 Å². The number of alkyl halides is 3. The second-order valence-corrected chi connectivity index (χ2v) is 8.73. The SMILES string of the molecule is O=C(Cn1c(-c2ccc(C(F)(F)F)cc2)c(Cl)nc(NCCc2ccccc2)c1=O)OCc1ccccc1. The van der Waals surface area contributed by atoms with Crippen molar-refractivity contribution in [1.29, 1.82) is 0 Å². The molecule has 6 nitrogen and oxygen atoms in total. The standard InChI is InChI=1S/C28H23ClF3N3O3/c29-25-24(21-11-13-22(14-12-21)28(30,31)32)35(17-23(36)38-18-20-9-5-2-6-10-20)27(37)26(34-25)33-16-15-19-7-3-1-4-8-19/h1-14H,15-18H2,(H,33,34). The number of carbonyl (C=O) groups is 1. The van der Waals surface area contributed by atoms with E-state index in [0.717, 1.165) is 27.8 Å². The van der Waals surface area contributed by atoms with E-state index < -0.39 is 29.8 Å². The molecular formula is C28H23ClF3N3O3. The van der Waals surface area contributed by atoms with Crippen LogP contribution in [0.5, 0.6) is 0 Å². The first-order chi connectivity index (χ1) is 18.2. The van der Waals surface area contributed by atoms with Gasteiger partial charge >= 0.3 is 12.1 Å². The highest BCUT2D eigenvalue weighted by atomic mass is 35.5. The zero-order chi connectivity index (χ0) is 27.1. The van der Waals surface area contributed by atoms with Crippen molar-refractivity contribution in [2.24, 2.45) is 0 Å². The molecule has 0 amide bonds. The van der Waals surface area contributed by atoms with Crippen LogP contribution in [0.25, 0.3) is 11.3 Å². The number of anilines is 1. The summed E-state index contributed by atoms with van der Waals surface area (Å²) in [5.74, 6) is -0.806. The fourth-order valence-corrected chi connectivity index (χ4v) is 4.08. The first-order valence-electron chi connectivity index (χ1n) is 11.7. The van der Waals surface area contributed by atoms with Crippen LogP contribution in [-0.2, 0) is 35.3 Å². The van der Waals surface area contributed by atoms with Crippen LogP contribution in [0.15, 0.2) is 89.7 Å². The molecule has 4 rings (SSSR count). The Kier molecular flexibility index (Phi) is 8.48. The zero-order valence-corrected chi connectivity index (χ0v) is 20.8. The first-order valence-corrected chi connectivity index (χ1v) is 12.1. The van der Waals surface area contributed by atoms with Crippen molar-refractivity contribution in [1.82, 2.24) is 9.55 Å². The second-order valence-electron chi connectivity index (χ2n) is 8.37.